The number of nitrogens with one attached hydrogen (secondary N) is 2. The molecule has 0 aliphatic rings. The van der Waals surface area contributed by atoms with E-state index in [1.165, 1.54) is 6.08 Å². The van der Waals surface area contributed by atoms with Crippen LogP contribution < -0.4 is 15.4 Å². The molecule has 4 aromatic rings. The van der Waals surface area contributed by atoms with Crippen molar-refractivity contribution in [3.8, 4) is 22.2 Å². The predicted molar refractivity (Wildman–Crippen MR) is 125 cm³/mol. The second-order valence-corrected chi connectivity index (χ2v) is 7.65. The van der Waals surface area contributed by atoms with Crippen LogP contribution in [0.2, 0.25) is 0 Å². The van der Waals surface area contributed by atoms with Gasteiger partial charge in [-0.15, -0.1) is 24.0 Å². The van der Waals surface area contributed by atoms with E-state index in [-0.39, 0.29) is 5.91 Å². The van der Waals surface area contributed by atoms with Crippen LogP contribution in [-0.4, -0.2) is 20.9 Å². The normalized spacial score (nSPS) is 10.4. The summed E-state index contributed by atoms with van der Waals surface area (Å²) in [7, 11) is 0. The van der Waals surface area contributed by atoms with E-state index < -0.39 is 0 Å². The van der Waals surface area contributed by atoms with Crippen LogP contribution in [0.15, 0.2) is 83.9 Å². The zero-order valence-corrected chi connectivity index (χ0v) is 17.9. The lowest BCUT2D eigenvalue weighted by molar-refractivity contribution is -0.111. The lowest BCUT2D eigenvalue weighted by atomic mass is 10.3. The largest absolute Gasteiger partial charge is 0.439 e. The summed E-state index contributed by atoms with van der Waals surface area (Å²) in [6.45, 7) is 3.46. The van der Waals surface area contributed by atoms with Gasteiger partial charge in [0.2, 0.25) is 17.7 Å². The maximum absolute atomic E-state index is 11.6. The number of aromatic nitrogens is 3. The van der Waals surface area contributed by atoms with Crippen LogP contribution in [0.1, 0.15) is 0 Å². The Kier molecular flexibility index (Phi) is 6.25. The molecule has 3 heterocycles. The van der Waals surface area contributed by atoms with Gasteiger partial charge in [0.05, 0.1) is 15.6 Å². The van der Waals surface area contributed by atoms with Crippen molar-refractivity contribution in [1.29, 1.82) is 0 Å². The molecule has 0 radical (unpaired) electrons. The fourth-order valence-electron chi connectivity index (χ4n) is 2.66. The van der Waals surface area contributed by atoms with Crippen LogP contribution in [0, 0.1) is 0 Å². The average molecular weight is 448 g/mol. The molecule has 0 atom stereocenters. The maximum Gasteiger partial charge on any atom is 0.247 e. The number of ether oxygens (including phenoxy) is 1. The van der Waals surface area contributed by atoms with Crippen molar-refractivity contribution in [2.45, 2.75) is 5.03 Å². The van der Waals surface area contributed by atoms with Crippen LogP contribution in [0.3, 0.4) is 0 Å². The van der Waals surface area contributed by atoms with Crippen molar-refractivity contribution in [1.82, 2.24) is 15.0 Å². The summed E-state index contributed by atoms with van der Waals surface area (Å²) < 4.78 is 5.98. The zero-order valence-electron chi connectivity index (χ0n) is 16.1. The Hall–Kier alpha value is -3.69. The van der Waals surface area contributed by atoms with Crippen LogP contribution in [0.4, 0.5) is 17.3 Å². The first-order valence-electron chi connectivity index (χ1n) is 9.15. The first-order valence-corrected chi connectivity index (χ1v) is 10.5. The summed E-state index contributed by atoms with van der Waals surface area (Å²) in [4.78, 5) is 25.7. The highest BCUT2D eigenvalue weighted by atomic mass is 32.1. The lowest BCUT2D eigenvalue weighted by Crippen LogP contribution is -2.07. The lowest BCUT2D eigenvalue weighted by Gasteiger charge is -2.11. The second-order valence-electron chi connectivity index (χ2n) is 6.24. The average Bonchev–Trinajstić information content (AvgIpc) is 3.29. The fourth-order valence-corrected chi connectivity index (χ4v) is 3.55. The molecule has 0 saturated carbocycles. The number of pyridine rings is 1. The molecule has 1 aromatic carbocycles. The number of thiol groups is 1. The Labute approximate surface area is 188 Å². The molecule has 1 amide bonds. The van der Waals surface area contributed by atoms with Crippen LogP contribution in [0.5, 0.6) is 11.6 Å². The van der Waals surface area contributed by atoms with Gasteiger partial charge in [-0.25, -0.2) is 4.98 Å². The fraction of sp³-hybridized carbons (Fsp3) is 0. The molecule has 0 aliphatic carbocycles. The first-order chi connectivity index (χ1) is 15.1. The Morgan fingerprint density at radius 1 is 1.10 bits per heavy atom. The molecule has 0 unspecified atom stereocenters. The Morgan fingerprint density at radius 3 is 2.77 bits per heavy atom. The van der Waals surface area contributed by atoms with E-state index >= 15 is 0 Å². The van der Waals surface area contributed by atoms with Gasteiger partial charge in [0.15, 0.2) is 0 Å². The van der Waals surface area contributed by atoms with Crippen molar-refractivity contribution in [2.75, 3.05) is 10.6 Å². The van der Waals surface area contributed by atoms with Gasteiger partial charge in [0.25, 0.3) is 0 Å². The molecule has 154 valence electrons. The third-order valence-electron chi connectivity index (χ3n) is 3.99. The predicted octanol–water partition coefficient (Wildman–Crippen LogP) is 5.55. The number of thiophene rings is 1. The summed E-state index contributed by atoms with van der Waals surface area (Å²) >= 11 is 5.83. The number of carbonyl (C=O) groups is 1. The first kappa shape index (κ1) is 20.6. The highest BCUT2D eigenvalue weighted by Crippen LogP contribution is 2.30. The van der Waals surface area contributed by atoms with Gasteiger partial charge < -0.3 is 15.4 Å². The molecule has 0 bridgehead atoms. The highest BCUT2D eigenvalue weighted by molar-refractivity contribution is 7.80. The summed E-state index contributed by atoms with van der Waals surface area (Å²) in [5.41, 5.74) is 2.06. The number of benzene rings is 1. The minimum Gasteiger partial charge on any atom is -0.439 e. The van der Waals surface area contributed by atoms with Crippen molar-refractivity contribution in [3.05, 3.63) is 78.8 Å². The van der Waals surface area contributed by atoms with Crippen LogP contribution >= 0.6 is 24.0 Å². The van der Waals surface area contributed by atoms with E-state index in [2.05, 4.69) is 44.8 Å². The molecule has 9 heteroatoms. The van der Waals surface area contributed by atoms with Gasteiger partial charge in [-0.2, -0.15) is 4.98 Å². The minimum atomic E-state index is -0.299. The van der Waals surface area contributed by atoms with Gasteiger partial charge in [-0.1, -0.05) is 18.7 Å². The minimum absolute atomic E-state index is 0.299. The summed E-state index contributed by atoms with van der Waals surface area (Å²) in [6.07, 6.45) is 2.85. The summed E-state index contributed by atoms with van der Waals surface area (Å²) in [6, 6.07) is 16.3. The van der Waals surface area contributed by atoms with Gasteiger partial charge >= 0.3 is 0 Å². The van der Waals surface area contributed by atoms with Crippen LogP contribution in [-0.2, 0) is 4.79 Å². The highest BCUT2D eigenvalue weighted by Gasteiger charge is 2.11. The summed E-state index contributed by atoms with van der Waals surface area (Å²) in [5, 5.41) is 8.43. The third kappa shape index (κ3) is 5.47. The third-order valence-corrected chi connectivity index (χ3v) is 5.12. The molecule has 3 aromatic heterocycles. The number of rotatable bonds is 7. The van der Waals surface area contributed by atoms with E-state index in [9.17, 15) is 4.79 Å². The van der Waals surface area contributed by atoms with E-state index in [1.54, 1.807) is 60.0 Å². The molecular formula is C22H17N5O2S2. The van der Waals surface area contributed by atoms with Crippen molar-refractivity contribution >= 4 is 47.2 Å². The standard InChI is InChI=1S/C22H17N5O2S2/c1-2-19(28)24-14-5-3-6-16(11-14)29-20-13-17(18-7-4-10-31-18)26-22(27-20)25-15-8-9-23-21(30)12-15/h2-13H,1H2,(H,24,28)(H2,23,25,26,27,30). The molecule has 31 heavy (non-hydrogen) atoms. The molecule has 0 spiro atoms. The molecule has 0 saturated heterocycles. The number of nitrogens with zero attached hydrogens (tertiary/aromatic N) is 3. The molecule has 7 nitrogen and oxygen atoms in total. The molecule has 4 rings (SSSR count). The van der Waals surface area contributed by atoms with E-state index in [4.69, 9.17) is 4.74 Å². The van der Waals surface area contributed by atoms with Crippen molar-refractivity contribution in [3.63, 3.8) is 0 Å². The molecule has 0 fully saturated rings. The van der Waals surface area contributed by atoms with Gasteiger partial charge in [0.1, 0.15) is 5.75 Å². The smallest absolute Gasteiger partial charge is 0.247 e. The SMILES string of the molecule is C=CC(=O)Nc1cccc(Oc2cc(-c3cccs3)nc(Nc3ccnc(S)c3)n2)c1. The topological polar surface area (TPSA) is 89.0 Å². The Balaban J connectivity index is 1.65. The van der Waals surface area contributed by atoms with E-state index in [0.717, 1.165) is 16.3 Å². The number of anilines is 3. The van der Waals surface area contributed by atoms with Crippen LogP contribution in [0.25, 0.3) is 10.6 Å². The number of carbonyl (C=O) groups excluding carboxylic acids is 1. The van der Waals surface area contributed by atoms with Crippen molar-refractivity contribution < 1.29 is 9.53 Å². The second kappa shape index (κ2) is 9.41. The number of hydrogen-bond donors (Lipinski definition) is 3. The maximum atomic E-state index is 11.6. The van der Waals surface area contributed by atoms with Gasteiger partial charge in [-0.05, 0) is 41.8 Å². The molecule has 2 N–H and O–H groups in total. The zero-order chi connectivity index (χ0) is 21.6. The Bertz CT molecular complexity index is 1230. The Morgan fingerprint density at radius 2 is 2.00 bits per heavy atom. The monoisotopic (exact) mass is 447 g/mol. The van der Waals surface area contributed by atoms with Gasteiger partial charge in [-0.3, -0.25) is 9.78 Å². The number of amides is 1. The number of hydrogen-bond acceptors (Lipinski definition) is 8. The van der Waals surface area contributed by atoms with E-state index in [0.29, 0.717) is 28.3 Å². The quantitative estimate of drug-likeness (QED) is 0.254. The van der Waals surface area contributed by atoms with E-state index in [1.807, 2.05) is 17.5 Å². The van der Waals surface area contributed by atoms with Crippen molar-refractivity contribution in [2.24, 2.45) is 0 Å². The molecule has 0 aliphatic heterocycles. The van der Waals surface area contributed by atoms with Gasteiger partial charge in [0, 0.05) is 29.7 Å². The summed E-state index contributed by atoms with van der Waals surface area (Å²) in [5.74, 6) is 0.945. The molecular weight excluding hydrogens is 430 g/mol.